The third-order valence-corrected chi connectivity index (χ3v) is 4.67. The Balaban J connectivity index is 1.80. The van der Waals surface area contributed by atoms with E-state index in [0.29, 0.717) is 19.6 Å². The molecule has 1 aromatic carbocycles. The molecule has 0 bridgehead atoms. The topological polar surface area (TPSA) is 64.7 Å². The lowest BCUT2D eigenvalue weighted by molar-refractivity contribution is -0.151. The van der Waals surface area contributed by atoms with Crippen LogP contribution in [0, 0.1) is 11.7 Å². The summed E-state index contributed by atoms with van der Waals surface area (Å²) >= 11 is 0. The van der Waals surface area contributed by atoms with Gasteiger partial charge < -0.3 is 9.80 Å². The largest absolute Gasteiger partial charge is 0.342 e. The molecule has 3 atom stereocenters. The Labute approximate surface area is 134 Å². The van der Waals surface area contributed by atoms with Crippen molar-refractivity contribution < 1.29 is 14.0 Å². The summed E-state index contributed by atoms with van der Waals surface area (Å²) in [4.78, 5) is 28.3. The van der Waals surface area contributed by atoms with E-state index in [2.05, 4.69) is 10.9 Å². The van der Waals surface area contributed by atoms with Crippen molar-refractivity contribution in [1.29, 1.82) is 0 Å². The second kappa shape index (κ2) is 6.25. The molecule has 2 fully saturated rings. The predicted octanol–water partition coefficient (Wildman–Crippen LogP) is 0.280. The van der Waals surface area contributed by atoms with Crippen molar-refractivity contribution in [2.45, 2.75) is 19.0 Å². The smallest absolute Gasteiger partial charge is 0.244 e. The van der Waals surface area contributed by atoms with Crippen LogP contribution in [0.5, 0.6) is 0 Å². The molecule has 2 aliphatic heterocycles. The number of rotatable bonds is 2. The molecular weight excluding hydrogens is 299 g/mol. The number of carbonyl (C=O) groups excluding carboxylic acids is 2. The highest BCUT2D eigenvalue weighted by atomic mass is 19.1. The number of nitrogens with zero attached hydrogens (tertiary/aromatic N) is 2. The van der Waals surface area contributed by atoms with Crippen LogP contribution >= 0.6 is 0 Å². The maximum Gasteiger partial charge on any atom is 0.244 e. The summed E-state index contributed by atoms with van der Waals surface area (Å²) in [6.45, 7) is 3.26. The van der Waals surface area contributed by atoms with Crippen molar-refractivity contribution in [3.63, 3.8) is 0 Å². The number of carbonyl (C=O) groups is 2. The number of hydrogen-bond donors (Lipinski definition) is 2. The number of hydrazine groups is 1. The average Bonchev–Trinajstić information content (AvgIpc) is 3.02. The molecule has 2 heterocycles. The summed E-state index contributed by atoms with van der Waals surface area (Å²) < 4.78 is 13.5. The Morgan fingerprint density at radius 3 is 2.87 bits per heavy atom. The van der Waals surface area contributed by atoms with Crippen molar-refractivity contribution in [3.05, 3.63) is 35.6 Å². The lowest BCUT2D eigenvalue weighted by Crippen LogP contribution is -2.58. The molecule has 2 saturated heterocycles. The van der Waals surface area contributed by atoms with Gasteiger partial charge in [-0.1, -0.05) is 12.1 Å². The van der Waals surface area contributed by atoms with Gasteiger partial charge in [0.1, 0.15) is 11.9 Å². The molecule has 0 spiro atoms. The first-order valence-corrected chi connectivity index (χ1v) is 7.78. The van der Waals surface area contributed by atoms with Gasteiger partial charge in [0.25, 0.3) is 0 Å². The fraction of sp³-hybridized carbons (Fsp3) is 0.500. The third kappa shape index (κ3) is 2.94. The van der Waals surface area contributed by atoms with Crippen molar-refractivity contribution in [2.75, 3.05) is 26.7 Å². The van der Waals surface area contributed by atoms with E-state index in [1.165, 1.54) is 12.1 Å². The van der Waals surface area contributed by atoms with Crippen LogP contribution in [0.25, 0.3) is 0 Å². The molecule has 23 heavy (non-hydrogen) atoms. The monoisotopic (exact) mass is 320 g/mol. The molecule has 0 aliphatic carbocycles. The van der Waals surface area contributed by atoms with Gasteiger partial charge in [0.05, 0.1) is 12.0 Å². The van der Waals surface area contributed by atoms with Crippen molar-refractivity contribution in [2.24, 2.45) is 5.92 Å². The zero-order valence-corrected chi connectivity index (χ0v) is 13.3. The highest BCUT2D eigenvalue weighted by molar-refractivity contribution is 5.89. The van der Waals surface area contributed by atoms with Gasteiger partial charge in [-0.25, -0.2) is 9.82 Å². The predicted molar refractivity (Wildman–Crippen MR) is 82.6 cm³/mol. The number of halogens is 1. The zero-order valence-electron chi connectivity index (χ0n) is 13.3. The molecule has 2 N–H and O–H groups in total. The first-order chi connectivity index (χ1) is 11.0. The van der Waals surface area contributed by atoms with E-state index in [4.69, 9.17) is 0 Å². The highest BCUT2D eigenvalue weighted by Gasteiger charge is 2.41. The Morgan fingerprint density at radius 2 is 2.13 bits per heavy atom. The number of nitrogens with one attached hydrogen (secondary N) is 2. The van der Waals surface area contributed by atoms with E-state index >= 15 is 0 Å². The van der Waals surface area contributed by atoms with Crippen LogP contribution in [-0.4, -0.2) is 54.3 Å². The van der Waals surface area contributed by atoms with Crippen LogP contribution in [0.1, 0.15) is 18.5 Å². The SMILES string of the molecule is CC1C(=O)N(C)CCN1C(=O)C1CNNC1c1cccc(F)c1. The first-order valence-electron chi connectivity index (χ1n) is 7.78. The Morgan fingerprint density at radius 1 is 1.35 bits per heavy atom. The maximum absolute atomic E-state index is 13.5. The summed E-state index contributed by atoms with van der Waals surface area (Å²) in [7, 11) is 1.74. The lowest BCUT2D eigenvalue weighted by atomic mass is 9.92. The molecule has 7 heteroatoms. The summed E-state index contributed by atoms with van der Waals surface area (Å²) in [5.74, 6) is -0.822. The first kappa shape index (κ1) is 15.9. The number of piperazine rings is 1. The normalized spacial score (nSPS) is 28.3. The van der Waals surface area contributed by atoms with Crippen LogP contribution in [0.2, 0.25) is 0 Å². The van der Waals surface area contributed by atoms with Crippen LogP contribution in [-0.2, 0) is 9.59 Å². The van der Waals surface area contributed by atoms with Crippen molar-refractivity contribution >= 4 is 11.8 Å². The Hall–Kier alpha value is -1.99. The van der Waals surface area contributed by atoms with Crippen molar-refractivity contribution in [1.82, 2.24) is 20.7 Å². The van der Waals surface area contributed by atoms with Gasteiger partial charge >= 0.3 is 0 Å². The minimum Gasteiger partial charge on any atom is -0.342 e. The zero-order chi connectivity index (χ0) is 16.6. The van der Waals surface area contributed by atoms with E-state index in [1.807, 2.05) is 0 Å². The molecule has 2 aliphatic rings. The molecule has 0 radical (unpaired) electrons. The van der Waals surface area contributed by atoms with Gasteiger partial charge in [-0.05, 0) is 24.6 Å². The number of benzene rings is 1. The number of amides is 2. The van der Waals surface area contributed by atoms with Gasteiger partial charge in [0, 0.05) is 26.7 Å². The minimum atomic E-state index is -0.463. The summed E-state index contributed by atoms with van der Waals surface area (Å²) in [5, 5.41) is 0. The van der Waals surface area contributed by atoms with E-state index in [1.54, 1.807) is 35.9 Å². The molecule has 124 valence electrons. The van der Waals surface area contributed by atoms with Crippen LogP contribution in [0.3, 0.4) is 0 Å². The third-order valence-electron chi connectivity index (χ3n) is 4.67. The molecule has 6 nitrogen and oxygen atoms in total. The number of hydrogen-bond acceptors (Lipinski definition) is 4. The molecule has 0 aromatic heterocycles. The number of likely N-dealkylation sites (N-methyl/N-ethyl adjacent to an activating group) is 1. The summed E-state index contributed by atoms with van der Waals surface area (Å²) in [6, 6.07) is 5.48. The van der Waals surface area contributed by atoms with Gasteiger partial charge in [0.15, 0.2) is 0 Å². The van der Waals surface area contributed by atoms with Gasteiger partial charge in [-0.15, -0.1) is 0 Å². The fourth-order valence-electron chi connectivity index (χ4n) is 3.27. The van der Waals surface area contributed by atoms with Gasteiger partial charge in [-0.2, -0.15) is 0 Å². The molecule has 3 rings (SSSR count). The van der Waals surface area contributed by atoms with Crippen molar-refractivity contribution in [3.8, 4) is 0 Å². The Kier molecular flexibility index (Phi) is 4.32. The standard InChI is InChI=1S/C16H21FN4O2/c1-10-15(22)20(2)6-7-21(10)16(23)13-9-18-19-14(13)11-4-3-5-12(17)8-11/h3-5,8,10,13-14,18-19H,6-7,9H2,1-2H3. The second-order valence-corrected chi connectivity index (χ2v) is 6.13. The minimum absolute atomic E-state index is 0.0502. The highest BCUT2D eigenvalue weighted by Crippen LogP contribution is 2.28. The average molecular weight is 320 g/mol. The fourth-order valence-corrected chi connectivity index (χ4v) is 3.27. The van der Waals surface area contributed by atoms with E-state index < -0.39 is 6.04 Å². The lowest BCUT2D eigenvalue weighted by Gasteiger charge is -2.39. The van der Waals surface area contributed by atoms with Gasteiger partial charge in [-0.3, -0.25) is 15.0 Å². The van der Waals surface area contributed by atoms with Crippen LogP contribution < -0.4 is 10.9 Å². The molecule has 0 saturated carbocycles. The van der Waals surface area contributed by atoms with Gasteiger partial charge in [0.2, 0.25) is 11.8 Å². The maximum atomic E-state index is 13.5. The Bertz CT molecular complexity index is 624. The second-order valence-electron chi connectivity index (χ2n) is 6.13. The van der Waals surface area contributed by atoms with E-state index in [9.17, 15) is 14.0 Å². The van der Waals surface area contributed by atoms with E-state index in [-0.39, 0.29) is 29.6 Å². The summed E-state index contributed by atoms with van der Waals surface area (Å²) in [5.41, 5.74) is 6.75. The summed E-state index contributed by atoms with van der Waals surface area (Å²) in [6.07, 6.45) is 0. The molecule has 1 aromatic rings. The van der Waals surface area contributed by atoms with E-state index in [0.717, 1.165) is 5.56 Å². The van der Waals surface area contributed by atoms with Crippen LogP contribution in [0.4, 0.5) is 4.39 Å². The molecular formula is C16H21FN4O2. The molecule has 3 unspecified atom stereocenters. The molecule has 2 amide bonds. The quantitative estimate of drug-likeness (QED) is 0.822. The van der Waals surface area contributed by atoms with Crippen LogP contribution in [0.15, 0.2) is 24.3 Å².